The van der Waals surface area contributed by atoms with Crippen molar-refractivity contribution < 1.29 is 9.90 Å². The lowest BCUT2D eigenvalue weighted by molar-refractivity contribution is -0.147. The minimum Gasteiger partial charge on any atom is -0.481 e. The molecule has 1 fully saturated rings. The highest BCUT2D eigenvalue weighted by atomic mass is 16.4. The van der Waals surface area contributed by atoms with Crippen molar-refractivity contribution in [3.8, 4) is 0 Å². The number of likely N-dealkylation sites (tertiary alicyclic amines) is 1. The third-order valence-electron chi connectivity index (χ3n) is 5.58. The van der Waals surface area contributed by atoms with Crippen molar-refractivity contribution in [2.75, 3.05) is 13.1 Å². The molecule has 1 saturated heterocycles. The fourth-order valence-corrected chi connectivity index (χ4v) is 3.93. The Morgan fingerprint density at radius 1 is 0.821 bits per heavy atom. The number of carboxylic acids is 1. The highest BCUT2D eigenvalue weighted by molar-refractivity contribution is 5.71. The zero-order chi connectivity index (χ0) is 19.3. The van der Waals surface area contributed by atoms with E-state index in [2.05, 4.69) is 89.8 Å². The first-order valence-electron chi connectivity index (χ1n) is 9.82. The van der Waals surface area contributed by atoms with Crippen LogP contribution in [0.4, 0.5) is 0 Å². The maximum Gasteiger partial charge on any atom is 0.309 e. The van der Waals surface area contributed by atoms with Crippen molar-refractivity contribution >= 4 is 5.97 Å². The van der Waals surface area contributed by atoms with Gasteiger partial charge in [-0.15, -0.1) is 0 Å². The molecular formula is C25H25NO2. The van der Waals surface area contributed by atoms with Crippen LogP contribution < -0.4 is 0 Å². The average Bonchev–Trinajstić information content (AvgIpc) is 2.70. The molecule has 0 saturated carbocycles. The van der Waals surface area contributed by atoms with E-state index in [1.165, 1.54) is 22.3 Å². The molecule has 3 aromatic carbocycles. The first-order chi connectivity index (χ1) is 13.7. The maximum absolute atomic E-state index is 11.0. The topological polar surface area (TPSA) is 40.5 Å². The van der Waals surface area contributed by atoms with Gasteiger partial charge in [0.05, 0.1) is 5.92 Å². The van der Waals surface area contributed by atoms with Crippen LogP contribution in [-0.4, -0.2) is 29.1 Å². The molecule has 0 radical (unpaired) electrons. The molecule has 1 aliphatic heterocycles. The van der Waals surface area contributed by atoms with E-state index in [-0.39, 0.29) is 5.92 Å². The van der Waals surface area contributed by atoms with Gasteiger partial charge in [-0.05, 0) is 28.7 Å². The van der Waals surface area contributed by atoms with Crippen LogP contribution in [-0.2, 0) is 17.8 Å². The molecule has 3 heteroatoms. The fourth-order valence-electron chi connectivity index (χ4n) is 3.93. The highest BCUT2D eigenvalue weighted by Crippen LogP contribution is 2.29. The normalized spacial score (nSPS) is 15.7. The van der Waals surface area contributed by atoms with Gasteiger partial charge in [0.1, 0.15) is 0 Å². The third kappa shape index (κ3) is 4.32. The van der Waals surface area contributed by atoms with Crippen LogP contribution in [0.5, 0.6) is 0 Å². The quantitative estimate of drug-likeness (QED) is 0.661. The monoisotopic (exact) mass is 371 g/mol. The summed E-state index contributed by atoms with van der Waals surface area (Å²) in [6, 6.07) is 30.1. The Hall–Kier alpha value is -2.91. The van der Waals surface area contributed by atoms with E-state index in [0.29, 0.717) is 19.0 Å². The predicted molar refractivity (Wildman–Crippen MR) is 111 cm³/mol. The molecule has 3 aromatic rings. The van der Waals surface area contributed by atoms with Gasteiger partial charge in [0.15, 0.2) is 0 Å². The van der Waals surface area contributed by atoms with E-state index in [4.69, 9.17) is 5.11 Å². The smallest absolute Gasteiger partial charge is 0.309 e. The molecule has 0 aliphatic carbocycles. The zero-order valence-electron chi connectivity index (χ0n) is 15.9. The summed E-state index contributed by atoms with van der Waals surface area (Å²) in [4.78, 5) is 13.1. The molecule has 0 aromatic heterocycles. The van der Waals surface area contributed by atoms with Gasteiger partial charge in [-0.25, -0.2) is 0 Å². The van der Waals surface area contributed by atoms with Gasteiger partial charge < -0.3 is 5.11 Å². The van der Waals surface area contributed by atoms with Crippen molar-refractivity contribution in [2.24, 2.45) is 5.92 Å². The SMILES string of the molecule is O=C(O)C1CN(Cc2ccc(C(Cc3ccccc3)c3ccccc3)cc2)C1. The lowest BCUT2D eigenvalue weighted by Crippen LogP contribution is -2.49. The van der Waals surface area contributed by atoms with E-state index in [1.807, 2.05) is 0 Å². The Morgan fingerprint density at radius 2 is 1.39 bits per heavy atom. The fraction of sp³-hybridized carbons (Fsp3) is 0.240. The molecule has 4 rings (SSSR count). The van der Waals surface area contributed by atoms with E-state index >= 15 is 0 Å². The van der Waals surface area contributed by atoms with Crippen LogP contribution in [0.3, 0.4) is 0 Å². The summed E-state index contributed by atoms with van der Waals surface area (Å²) < 4.78 is 0. The van der Waals surface area contributed by atoms with Crippen molar-refractivity contribution in [2.45, 2.75) is 18.9 Å². The molecule has 1 aliphatic rings. The molecule has 0 bridgehead atoms. The van der Waals surface area contributed by atoms with Gasteiger partial charge in [-0.2, -0.15) is 0 Å². The summed E-state index contributed by atoms with van der Waals surface area (Å²) in [6.45, 7) is 2.12. The highest BCUT2D eigenvalue weighted by Gasteiger charge is 2.32. The minimum absolute atomic E-state index is 0.201. The van der Waals surface area contributed by atoms with Gasteiger partial charge in [0, 0.05) is 25.6 Å². The van der Waals surface area contributed by atoms with E-state index in [1.54, 1.807) is 0 Å². The summed E-state index contributed by atoms with van der Waals surface area (Å²) in [5.41, 5.74) is 5.21. The molecule has 1 N–H and O–H groups in total. The predicted octanol–water partition coefficient (Wildman–Crippen LogP) is 4.58. The Morgan fingerprint density at radius 3 is 2.00 bits per heavy atom. The molecule has 0 amide bonds. The van der Waals surface area contributed by atoms with Crippen molar-refractivity contribution in [3.05, 3.63) is 107 Å². The Labute approximate surface area is 166 Å². The molecule has 3 nitrogen and oxygen atoms in total. The van der Waals surface area contributed by atoms with Crippen LogP contribution in [0.15, 0.2) is 84.9 Å². The number of nitrogens with zero attached hydrogens (tertiary/aromatic N) is 1. The van der Waals surface area contributed by atoms with Crippen molar-refractivity contribution in [3.63, 3.8) is 0 Å². The molecular weight excluding hydrogens is 346 g/mol. The molecule has 142 valence electrons. The number of benzene rings is 3. The van der Waals surface area contributed by atoms with Crippen molar-refractivity contribution in [1.29, 1.82) is 0 Å². The van der Waals surface area contributed by atoms with E-state index < -0.39 is 5.97 Å². The number of carbonyl (C=O) groups is 1. The lowest BCUT2D eigenvalue weighted by atomic mass is 9.85. The van der Waals surface area contributed by atoms with Gasteiger partial charge >= 0.3 is 5.97 Å². The van der Waals surface area contributed by atoms with Gasteiger partial charge in [-0.1, -0.05) is 84.9 Å². The number of hydrogen-bond acceptors (Lipinski definition) is 2. The molecule has 1 heterocycles. The summed E-state index contributed by atoms with van der Waals surface area (Å²) in [7, 11) is 0. The summed E-state index contributed by atoms with van der Waals surface area (Å²) in [5.74, 6) is -0.566. The second kappa shape index (κ2) is 8.41. The van der Waals surface area contributed by atoms with Crippen LogP contribution >= 0.6 is 0 Å². The molecule has 28 heavy (non-hydrogen) atoms. The first-order valence-corrected chi connectivity index (χ1v) is 9.82. The standard InChI is InChI=1S/C25H25NO2/c27-25(28)23-17-26(18-23)16-20-11-13-22(14-12-20)24(21-9-5-2-6-10-21)15-19-7-3-1-4-8-19/h1-14,23-24H,15-18H2,(H,27,28). The van der Waals surface area contributed by atoms with E-state index in [9.17, 15) is 4.79 Å². The summed E-state index contributed by atoms with van der Waals surface area (Å²) >= 11 is 0. The van der Waals surface area contributed by atoms with E-state index in [0.717, 1.165) is 13.0 Å². The number of hydrogen-bond donors (Lipinski definition) is 1. The number of rotatable bonds is 7. The van der Waals surface area contributed by atoms with Gasteiger partial charge in [-0.3, -0.25) is 9.69 Å². The second-order valence-electron chi connectivity index (χ2n) is 7.62. The Bertz CT molecular complexity index is 900. The van der Waals surface area contributed by atoms with Crippen molar-refractivity contribution in [1.82, 2.24) is 4.90 Å². The largest absolute Gasteiger partial charge is 0.481 e. The van der Waals surface area contributed by atoms with Crippen LogP contribution in [0, 0.1) is 5.92 Å². The average molecular weight is 371 g/mol. The first kappa shape index (κ1) is 18.5. The Kier molecular flexibility index (Phi) is 5.54. The van der Waals surface area contributed by atoms with Crippen LogP contribution in [0.1, 0.15) is 28.2 Å². The minimum atomic E-state index is -0.682. The third-order valence-corrected chi connectivity index (χ3v) is 5.58. The van der Waals surface area contributed by atoms with Gasteiger partial charge in [0.2, 0.25) is 0 Å². The summed E-state index contributed by atoms with van der Waals surface area (Å²) in [6.07, 6.45) is 0.969. The number of aliphatic carboxylic acids is 1. The van der Waals surface area contributed by atoms with Crippen LogP contribution in [0.2, 0.25) is 0 Å². The van der Waals surface area contributed by atoms with Crippen LogP contribution in [0.25, 0.3) is 0 Å². The zero-order valence-corrected chi connectivity index (χ0v) is 15.9. The molecule has 0 spiro atoms. The summed E-state index contributed by atoms with van der Waals surface area (Å²) in [5, 5.41) is 9.02. The second-order valence-corrected chi connectivity index (χ2v) is 7.62. The maximum atomic E-state index is 11.0. The molecule has 1 unspecified atom stereocenters. The Balaban J connectivity index is 1.49. The van der Waals surface area contributed by atoms with Gasteiger partial charge in [0.25, 0.3) is 0 Å². The number of carboxylic acid groups (broad SMARTS) is 1. The molecule has 1 atom stereocenters. The lowest BCUT2D eigenvalue weighted by Gasteiger charge is -2.36.